The van der Waals surface area contributed by atoms with Gasteiger partial charge in [-0.3, -0.25) is 14.4 Å². The van der Waals surface area contributed by atoms with Crippen molar-refractivity contribution >= 4 is 35.2 Å². The van der Waals surface area contributed by atoms with Crippen LogP contribution < -0.4 is 21.3 Å². The van der Waals surface area contributed by atoms with Gasteiger partial charge in [-0.05, 0) is 35.2 Å². The molecule has 1 fully saturated rings. The standard InChI is InChI=1S/C29H37N5O6/c1-28(2,3)29(17-34(27(38)39)12-5-13-40-29)26(37)32-22(25(30)36)14-18-6-8-19(9-7-18)20-10-11-21-23(15-20)33(4)24(35)16-31-21/h6-11,15,22,31H,5,12-14,16-17H2,1-4H3,(H2,30,36)(H,32,37)(H,38,39)/t22-,29-/m0/s1. The van der Waals surface area contributed by atoms with E-state index in [0.29, 0.717) is 6.42 Å². The van der Waals surface area contributed by atoms with Crippen LogP contribution in [0.15, 0.2) is 42.5 Å². The molecule has 1 saturated heterocycles. The number of primary amides is 1. The Hall–Kier alpha value is -4.12. The molecule has 2 atom stereocenters. The number of rotatable bonds is 6. The zero-order chi connectivity index (χ0) is 29.2. The number of anilines is 2. The molecule has 0 aromatic heterocycles. The fraction of sp³-hybridized carbons (Fsp3) is 0.448. The summed E-state index contributed by atoms with van der Waals surface area (Å²) in [5, 5.41) is 15.5. The summed E-state index contributed by atoms with van der Waals surface area (Å²) in [5.74, 6) is -1.30. The Morgan fingerprint density at radius 3 is 2.45 bits per heavy atom. The molecule has 0 aliphatic carbocycles. The Balaban J connectivity index is 1.53. The van der Waals surface area contributed by atoms with Gasteiger partial charge in [0.1, 0.15) is 6.04 Å². The molecule has 0 radical (unpaired) electrons. The summed E-state index contributed by atoms with van der Waals surface area (Å²) in [6, 6.07) is 12.4. The average Bonchev–Trinajstić information content (AvgIpc) is 3.15. The molecule has 40 heavy (non-hydrogen) atoms. The van der Waals surface area contributed by atoms with Gasteiger partial charge in [-0.2, -0.15) is 0 Å². The van der Waals surface area contributed by atoms with E-state index in [1.54, 1.807) is 32.7 Å². The van der Waals surface area contributed by atoms with E-state index in [0.717, 1.165) is 28.1 Å². The minimum absolute atomic E-state index is 0.0160. The second-order valence-electron chi connectivity index (χ2n) is 11.4. The van der Waals surface area contributed by atoms with Gasteiger partial charge < -0.3 is 36.0 Å². The van der Waals surface area contributed by atoms with Crippen LogP contribution in [0.25, 0.3) is 11.1 Å². The number of hydrogen-bond donors (Lipinski definition) is 4. The van der Waals surface area contributed by atoms with Gasteiger partial charge in [0.25, 0.3) is 5.91 Å². The van der Waals surface area contributed by atoms with E-state index in [1.807, 2.05) is 42.5 Å². The molecule has 2 aromatic rings. The van der Waals surface area contributed by atoms with Crippen LogP contribution in [0.5, 0.6) is 0 Å². The van der Waals surface area contributed by atoms with Crippen LogP contribution in [-0.4, -0.2) is 78.8 Å². The fourth-order valence-electron chi connectivity index (χ4n) is 5.12. The summed E-state index contributed by atoms with van der Waals surface area (Å²) < 4.78 is 6.05. The number of carboxylic acid groups (broad SMARTS) is 1. The molecule has 4 rings (SSSR count). The Morgan fingerprint density at radius 1 is 1.15 bits per heavy atom. The first-order valence-electron chi connectivity index (χ1n) is 13.3. The predicted octanol–water partition coefficient (Wildman–Crippen LogP) is 2.44. The first kappa shape index (κ1) is 28.9. The maximum absolute atomic E-state index is 13.7. The second-order valence-corrected chi connectivity index (χ2v) is 11.4. The van der Waals surface area contributed by atoms with Crippen molar-refractivity contribution in [3.05, 3.63) is 48.0 Å². The van der Waals surface area contributed by atoms with Crippen molar-refractivity contribution in [2.45, 2.75) is 45.3 Å². The summed E-state index contributed by atoms with van der Waals surface area (Å²) in [7, 11) is 1.75. The van der Waals surface area contributed by atoms with Gasteiger partial charge in [-0.15, -0.1) is 0 Å². The zero-order valence-electron chi connectivity index (χ0n) is 23.3. The van der Waals surface area contributed by atoms with Crippen LogP contribution in [0.1, 0.15) is 32.8 Å². The largest absolute Gasteiger partial charge is 0.465 e. The highest BCUT2D eigenvalue weighted by Gasteiger charge is 2.53. The number of hydrogen-bond acceptors (Lipinski definition) is 6. The number of amides is 4. The van der Waals surface area contributed by atoms with Crippen molar-refractivity contribution in [3.63, 3.8) is 0 Å². The highest BCUT2D eigenvalue weighted by Crippen LogP contribution is 2.37. The van der Waals surface area contributed by atoms with Gasteiger partial charge >= 0.3 is 6.09 Å². The maximum Gasteiger partial charge on any atom is 0.407 e. The number of ether oxygens (including phenoxy) is 1. The molecule has 5 N–H and O–H groups in total. The lowest BCUT2D eigenvalue weighted by Crippen LogP contribution is -2.64. The summed E-state index contributed by atoms with van der Waals surface area (Å²) in [6.45, 7) is 5.98. The quantitative estimate of drug-likeness (QED) is 0.430. The molecule has 2 aliphatic heterocycles. The summed E-state index contributed by atoms with van der Waals surface area (Å²) in [4.78, 5) is 52.8. The smallest absolute Gasteiger partial charge is 0.407 e. The Labute approximate surface area is 233 Å². The number of fused-ring (bicyclic) bond motifs is 1. The number of benzene rings is 2. The van der Waals surface area contributed by atoms with Crippen molar-refractivity contribution in [2.24, 2.45) is 11.1 Å². The molecule has 0 spiro atoms. The summed E-state index contributed by atoms with van der Waals surface area (Å²) in [6.07, 6.45) is -0.529. The van der Waals surface area contributed by atoms with Crippen molar-refractivity contribution in [1.82, 2.24) is 10.2 Å². The van der Waals surface area contributed by atoms with Gasteiger partial charge in [0.05, 0.1) is 24.5 Å². The highest BCUT2D eigenvalue weighted by molar-refractivity contribution is 6.03. The SMILES string of the molecule is CN1C(=O)CNc2ccc(-c3ccc(C[C@H](NC(=O)[C@]4(C(C)(C)C)CN(C(=O)O)CCCO4)C(N)=O)cc3)cc21. The predicted molar refractivity (Wildman–Crippen MR) is 151 cm³/mol. The van der Waals surface area contributed by atoms with Gasteiger partial charge in [0.2, 0.25) is 11.8 Å². The van der Waals surface area contributed by atoms with Gasteiger partial charge in [0.15, 0.2) is 5.60 Å². The third kappa shape index (κ3) is 5.74. The molecule has 11 nitrogen and oxygen atoms in total. The summed E-state index contributed by atoms with van der Waals surface area (Å²) >= 11 is 0. The summed E-state index contributed by atoms with van der Waals surface area (Å²) in [5.41, 5.74) is 7.72. The fourth-order valence-corrected chi connectivity index (χ4v) is 5.12. The molecule has 2 aromatic carbocycles. The second kappa shape index (κ2) is 11.2. The molecule has 0 saturated carbocycles. The highest BCUT2D eigenvalue weighted by atomic mass is 16.5. The van der Waals surface area contributed by atoms with E-state index in [-0.39, 0.29) is 38.6 Å². The monoisotopic (exact) mass is 551 g/mol. The van der Waals surface area contributed by atoms with Gasteiger partial charge in [-0.1, -0.05) is 51.1 Å². The lowest BCUT2D eigenvalue weighted by atomic mass is 9.74. The molecule has 0 bridgehead atoms. The molecule has 2 aliphatic rings. The van der Waals surface area contributed by atoms with Crippen molar-refractivity contribution in [3.8, 4) is 11.1 Å². The number of nitrogens with two attached hydrogens (primary N) is 1. The van der Waals surface area contributed by atoms with E-state index < -0.39 is 35.0 Å². The first-order valence-corrected chi connectivity index (χ1v) is 13.3. The lowest BCUT2D eigenvalue weighted by Gasteiger charge is -2.44. The maximum atomic E-state index is 13.7. The third-order valence-corrected chi connectivity index (χ3v) is 7.72. The van der Waals surface area contributed by atoms with Crippen LogP contribution in [0.4, 0.5) is 16.2 Å². The zero-order valence-corrected chi connectivity index (χ0v) is 23.3. The van der Waals surface area contributed by atoms with Crippen molar-refractivity contribution in [2.75, 3.05) is 43.5 Å². The minimum Gasteiger partial charge on any atom is -0.465 e. The number of likely N-dealkylation sites (N-methyl/N-ethyl adjacent to an activating group) is 1. The molecular weight excluding hydrogens is 514 g/mol. The van der Waals surface area contributed by atoms with Crippen LogP contribution in [0, 0.1) is 5.41 Å². The third-order valence-electron chi connectivity index (χ3n) is 7.72. The Kier molecular flexibility index (Phi) is 8.06. The molecule has 4 amide bonds. The van der Waals surface area contributed by atoms with Gasteiger partial charge in [0, 0.05) is 32.0 Å². The van der Waals surface area contributed by atoms with E-state index in [1.165, 1.54) is 4.90 Å². The van der Waals surface area contributed by atoms with E-state index in [9.17, 15) is 24.3 Å². The molecule has 0 unspecified atom stereocenters. The number of carbonyl (C=O) groups excluding carboxylic acids is 3. The van der Waals surface area contributed by atoms with E-state index >= 15 is 0 Å². The molecular formula is C29H37N5O6. The molecule has 11 heteroatoms. The number of nitrogens with one attached hydrogen (secondary N) is 2. The van der Waals surface area contributed by atoms with Crippen molar-refractivity contribution in [1.29, 1.82) is 0 Å². The lowest BCUT2D eigenvalue weighted by molar-refractivity contribution is -0.166. The van der Waals surface area contributed by atoms with Crippen molar-refractivity contribution < 1.29 is 29.0 Å². The number of carbonyl (C=O) groups is 4. The first-order chi connectivity index (χ1) is 18.8. The van der Waals surface area contributed by atoms with Crippen LogP contribution in [-0.2, 0) is 25.5 Å². The van der Waals surface area contributed by atoms with E-state index in [2.05, 4.69) is 10.6 Å². The van der Waals surface area contributed by atoms with Crippen LogP contribution >= 0.6 is 0 Å². The Bertz CT molecular complexity index is 1300. The van der Waals surface area contributed by atoms with Crippen LogP contribution in [0.2, 0.25) is 0 Å². The van der Waals surface area contributed by atoms with E-state index in [4.69, 9.17) is 10.5 Å². The average molecular weight is 552 g/mol. The topological polar surface area (TPSA) is 154 Å². The van der Waals surface area contributed by atoms with Crippen LogP contribution in [0.3, 0.4) is 0 Å². The Morgan fingerprint density at radius 2 is 1.82 bits per heavy atom. The number of nitrogens with zero attached hydrogens (tertiary/aromatic N) is 2. The molecule has 214 valence electrons. The molecule has 2 heterocycles. The van der Waals surface area contributed by atoms with Gasteiger partial charge in [-0.25, -0.2) is 4.79 Å². The minimum atomic E-state index is -1.50. The normalized spacial score (nSPS) is 20.1.